The summed E-state index contributed by atoms with van der Waals surface area (Å²) in [5.74, 6) is 1.20. The van der Waals surface area contributed by atoms with Gasteiger partial charge in [-0.25, -0.2) is 4.98 Å². The van der Waals surface area contributed by atoms with E-state index < -0.39 is 0 Å². The summed E-state index contributed by atoms with van der Waals surface area (Å²) in [5, 5.41) is 6.51. The van der Waals surface area contributed by atoms with Crippen LogP contribution in [-0.2, 0) is 13.1 Å². The van der Waals surface area contributed by atoms with E-state index in [0.29, 0.717) is 24.9 Å². The molecule has 25 heavy (non-hydrogen) atoms. The van der Waals surface area contributed by atoms with Gasteiger partial charge in [-0.3, -0.25) is 0 Å². The number of nitrogens with one attached hydrogen (secondary N) is 2. The molecule has 3 aromatic rings. The number of nitrogen functional groups attached to an aromatic ring is 1. The molecule has 2 aromatic heterocycles. The maximum Gasteiger partial charge on any atom is 0.226 e. The van der Waals surface area contributed by atoms with E-state index >= 15 is 0 Å². The summed E-state index contributed by atoms with van der Waals surface area (Å²) in [6.07, 6.45) is 1.77. The Labute approximate surface area is 146 Å². The van der Waals surface area contributed by atoms with Crippen molar-refractivity contribution in [1.29, 1.82) is 0 Å². The molecule has 1 unspecified atom stereocenters. The highest BCUT2D eigenvalue weighted by Gasteiger charge is 2.13. The lowest BCUT2D eigenvalue weighted by atomic mass is 10.2. The van der Waals surface area contributed by atoms with E-state index in [1.54, 1.807) is 6.33 Å². The van der Waals surface area contributed by atoms with Crippen molar-refractivity contribution in [3.8, 4) is 0 Å². The molecule has 0 bridgehead atoms. The molecule has 0 aliphatic rings. The van der Waals surface area contributed by atoms with Gasteiger partial charge in [0.05, 0.1) is 6.33 Å². The third-order valence-electron chi connectivity index (χ3n) is 3.89. The van der Waals surface area contributed by atoms with Crippen molar-refractivity contribution in [2.75, 3.05) is 22.9 Å². The van der Waals surface area contributed by atoms with E-state index in [2.05, 4.69) is 32.5 Å². The van der Waals surface area contributed by atoms with E-state index in [4.69, 9.17) is 11.5 Å². The van der Waals surface area contributed by atoms with Gasteiger partial charge in [0.1, 0.15) is 0 Å². The predicted octanol–water partition coefficient (Wildman–Crippen LogP) is 1.80. The Morgan fingerprint density at radius 1 is 1.20 bits per heavy atom. The zero-order chi connectivity index (χ0) is 17.8. The van der Waals surface area contributed by atoms with E-state index in [1.165, 1.54) is 0 Å². The number of hydrogen-bond donors (Lipinski definition) is 4. The van der Waals surface area contributed by atoms with Gasteiger partial charge in [0.2, 0.25) is 5.95 Å². The number of para-hydroxylation sites is 1. The SMILES string of the molecule is CCn1cnc2c(NCc3ccccc3N)nc(NCC(C)N)nc21. The number of benzene rings is 1. The summed E-state index contributed by atoms with van der Waals surface area (Å²) >= 11 is 0. The highest BCUT2D eigenvalue weighted by molar-refractivity contribution is 5.84. The first-order valence-corrected chi connectivity index (χ1v) is 8.38. The second-order valence-electron chi connectivity index (χ2n) is 6.01. The van der Waals surface area contributed by atoms with E-state index in [1.807, 2.05) is 35.8 Å². The Kier molecular flexibility index (Phi) is 4.99. The molecule has 6 N–H and O–H groups in total. The largest absolute Gasteiger partial charge is 0.398 e. The fourth-order valence-corrected chi connectivity index (χ4v) is 2.50. The number of rotatable bonds is 7. The summed E-state index contributed by atoms with van der Waals surface area (Å²) in [6, 6.07) is 7.76. The van der Waals surface area contributed by atoms with E-state index in [-0.39, 0.29) is 6.04 Å². The molecule has 8 heteroatoms. The molecule has 0 aliphatic heterocycles. The summed E-state index contributed by atoms with van der Waals surface area (Å²) in [7, 11) is 0. The average Bonchev–Trinajstić information content (AvgIpc) is 3.02. The van der Waals surface area contributed by atoms with Gasteiger partial charge in [-0.2, -0.15) is 9.97 Å². The van der Waals surface area contributed by atoms with Gasteiger partial charge in [-0.15, -0.1) is 0 Å². The molecule has 0 saturated heterocycles. The Bertz CT molecular complexity index is 855. The van der Waals surface area contributed by atoms with Crippen LogP contribution in [0.1, 0.15) is 19.4 Å². The molecule has 132 valence electrons. The topological polar surface area (TPSA) is 120 Å². The minimum absolute atomic E-state index is 0.0101. The lowest BCUT2D eigenvalue weighted by Gasteiger charge is -2.12. The van der Waals surface area contributed by atoms with Crippen LogP contribution in [0.15, 0.2) is 30.6 Å². The highest BCUT2D eigenvalue weighted by Crippen LogP contribution is 2.22. The average molecular weight is 340 g/mol. The minimum atomic E-state index is 0.0101. The van der Waals surface area contributed by atoms with Crippen LogP contribution >= 0.6 is 0 Å². The normalized spacial score (nSPS) is 12.3. The van der Waals surface area contributed by atoms with Crippen LogP contribution in [0.4, 0.5) is 17.5 Å². The quantitative estimate of drug-likeness (QED) is 0.484. The van der Waals surface area contributed by atoms with Crippen LogP contribution < -0.4 is 22.1 Å². The smallest absolute Gasteiger partial charge is 0.226 e. The number of anilines is 3. The van der Waals surface area contributed by atoms with Crippen molar-refractivity contribution in [2.45, 2.75) is 33.0 Å². The number of fused-ring (bicyclic) bond motifs is 1. The molecule has 0 radical (unpaired) electrons. The van der Waals surface area contributed by atoms with Gasteiger partial charge in [0.25, 0.3) is 0 Å². The van der Waals surface area contributed by atoms with Gasteiger partial charge in [0.15, 0.2) is 17.0 Å². The van der Waals surface area contributed by atoms with Crippen molar-refractivity contribution in [1.82, 2.24) is 19.5 Å². The van der Waals surface area contributed by atoms with Crippen LogP contribution in [0, 0.1) is 0 Å². The minimum Gasteiger partial charge on any atom is -0.398 e. The molecule has 2 heterocycles. The standard InChI is InChI=1S/C17H24N8/c1-3-25-10-22-14-15(20-9-12-6-4-5-7-13(12)19)23-17(24-16(14)25)21-8-11(2)18/h4-7,10-11H,3,8-9,18-19H2,1-2H3,(H2,20,21,23,24). The second-order valence-corrected chi connectivity index (χ2v) is 6.01. The first kappa shape index (κ1) is 17.0. The number of aryl methyl sites for hydroxylation is 1. The predicted molar refractivity (Wildman–Crippen MR) is 101 cm³/mol. The summed E-state index contributed by atoms with van der Waals surface area (Å²) in [5.41, 5.74) is 15.1. The number of hydrogen-bond acceptors (Lipinski definition) is 7. The molecule has 0 amide bonds. The maximum atomic E-state index is 6.02. The molecular weight excluding hydrogens is 316 g/mol. The van der Waals surface area contributed by atoms with Crippen molar-refractivity contribution < 1.29 is 0 Å². The van der Waals surface area contributed by atoms with Gasteiger partial charge in [0, 0.05) is 31.4 Å². The lowest BCUT2D eigenvalue weighted by molar-refractivity contribution is 0.766. The highest BCUT2D eigenvalue weighted by atomic mass is 15.2. The molecule has 8 nitrogen and oxygen atoms in total. The Hall–Kier alpha value is -2.87. The second kappa shape index (κ2) is 7.35. The van der Waals surface area contributed by atoms with Gasteiger partial charge < -0.3 is 26.7 Å². The van der Waals surface area contributed by atoms with Crippen molar-refractivity contribution in [3.05, 3.63) is 36.2 Å². The van der Waals surface area contributed by atoms with Crippen molar-refractivity contribution in [3.63, 3.8) is 0 Å². The third-order valence-corrected chi connectivity index (χ3v) is 3.89. The molecule has 0 saturated carbocycles. The van der Waals surface area contributed by atoms with Crippen LogP contribution in [0.2, 0.25) is 0 Å². The Morgan fingerprint density at radius 2 is 2.00 bits per heavy atom. The molecule has 0 spiro atoms. The molecule has 0 aliphatic carbocycles. The summed E-state index contributed by atoms with van der Waals surface area (Å²) in [6.45, 7) is 5.92. The van der Waals surface area contributed by atoms with Gasteiger partial charge in [-0.05, 0) is 25.5 Å². The van der Waals surface area contributed by atoms with E-state index in [0.717, 1.165) is 29.0 Å². The monoisotopic (exact) mass is 340 g/mol. The zero-order valence-corrected chi connectivity index (χ0v) is 14.5. The van der Waals surface area contributed by atoms with E-state index in [9.17, 15) is 0 Å². The van der Waals surface area contributed by atoms with Crippen LogP contribution in [-0.4, -0.2) is 32.1 Å². The third kappa shape index (κ3) is 3.80. The summed E-state index contributed by atoms with van der Waals surface area (Å²) in [4.78, 5) is 13.6. The van der Waals surface area contributed by atoms with Crippen LogP contribution in [0.3, 0.4) is 0 Å². The Morgan fingerprint density at radius 3 is 2.72 bits per heavy atom. The summed E-state index contributed by atoms with van der Waals surface area (Å²) < 4.78 is 1.98. The molecular formula is C17H24N8. The van der Waals surface area contributed by atoms with Gasteiger partial charge in [-0.1, -0.05) is 18.2 Å². The number of nitrogens with two attached hydrogens (primary N) is 2. The van der Waals surface area contributed by atoms with Crippen molar-refractivity contribution >= 4 is 28.6 Å². The zero-order valence-electron chi connectivity index (χ0n) is 14.5. The van der Waals surface area contributed by atoms with Crippen molar-refractivity contribution in [2.24, 2.45) is 5.73 Å². The van der Waals surface area contributed by atoms with Crippen LogP contribution in [0.5, 0.6) is 0 Å². The number of nitrogens with zero attached hydrogens (tertiary/aromatic N) is 4. The molecule has 3 rings (SSSR count). The number of imidazole rings is 1. The fourth-order valence-electron chi connectivity index (χ4n) is 2.50. The maximum absolute atomic E-state index is 6.02. The fraction of sp³-hybridized carbons (Fsp3) is 0.353. The first-order chi connectivity index (χ1) is 12.1. The molecule has 1 aromatic carbocycles. The van der Waals surface area contributed by atoms with Gasteiger partial charge >= 0.3 is 0 Å². The molecule has 0 fully saturated rings. The molecule has 1 atom stereocenters. The lowest BCUT2D eigenvalue weighted by Crippen LogP contribution is -2.26. The Balaban J connectivity index is 1.91. The number of aromatic nitrogens is 4. The van der Waals surface area contributed by atoms with Crippen LogP contribution in [0.25, 0.3) is 11.2 Å². The first-order valence-electron chi connectivity index (χ1n) is 8.38.